The second-order valence-corrected chi connectivity index (χ2v) is 9.62. The van der Waals surface area contributed by atoms with Crippen LogP contribution >= 0.6 is 23.2 Å². The molecule has 0 bridgehead atoms. The standard InChI is InChI=1S/C25H29Cl2N3O5/c26-20-8-6-17(10-21(20)27)29-25(33)30-13-18(31)14-34-15-23-22(30)9-7-19(35-23)11-24(32)28-12-16-4-2-1-3-5-16/h1-6,8,10,18-19,22-23,31H,7,9,11-15H2,(H,28,32)(H,29,33)/t18-,19+,22-,23+/m1/s1. The summed E-state index contributed by atoms with van der Waals surface area (Å²) in [7, 11) is 0. The number of aliphatic hydroxyl groups is 1. The lowest BCUT2D eigenvalue weighted by Crippen LogP contribution is -2.58. The van der Waals surface area contributed by atoms with E-state index in [4.69, 9.17) is 32.7 Å². The van der Waals surface area contributed by atoms with Gasteiger partial charge in [-0.3, -0.25) is 4.79 Å². The number of β-amino-alcohol motifs (C(OH)–C–C–N with tert-alkyl or cyclic N) is 1. The maximum absolute atomic E-state index is 13.2. The van der Waals surface area contributed by atoms with Gasteiger partial charge in [-0.1, -0.05) is 53.5 Å². The Morgan fingerprint density at radius 1 is 1.06 bits per heavy atom. The fourth-order valence-electron chi connectivity index (χ4n) is 4.42. The fourth-order valence-corrected chi connectivity index (χ4v) is 4.72. The highest BCUT2D eigenvalue weighted by Gasteiger charge is 2.40. The van der Waals surface area contributed by atoms with Gasteiger partial charge in [0.25, 0.3) is 0 Å². The molecule has 4 atom stereocenters. The monoisotopic (exact) mass is 521 g/mol. The molecule has 2 aromatic rings. The SMILES string of the molecule is O=C(C[C@@H]1CC[C@@H]2[C@H](COC[C@H](O)CN2C(=O)Nc2ccc(Cl)c(Cl)c2)O1)NCc1ccccc1. The zero-order valence-corrected chi connectivity index (χ0v) is 20.7. The molecule has 0 unspecified atom stereocenters. The zero-order chi connectivity index (χ0) is 24.8. The van der Waals surface area contributed by atoms with Crippen molar-refractivity contribution in [3.05, 3.63) is 64.1 Å². The van der Waals surface area contributed by atoms with E-state index in [1.807, 2.05) is 30.3 Å². The molecule has 3 N–H and O–H groups in total. The largest absolute Gasteiger partial charge is 0.389 e. The molecule has 8 nitrogen and oxygen atoms in total. The molecule has 2 heterocycles. The van der Waals surface area contributed by atoms with Gasteiger partial charge in [0, 0.05) is 12.2 Å². The van der Waals surface area contributed by atoms with Gasteiger partial charge in [-0.2, -0.15) is 0 Å². The first-order chi connectivity index (χ1) is 16.9. The number of amides is 3. The predicted octanol–water partition coefficient (Wildman–Crippen LogP) is 3.84. The smallest absolute Gasteiger partial charge is 0.322 e. The number of carbonyl (C=O) groups excluding carboxylic acids is 2. The van der Waals surface area contributed by atoms with Crippen molar-refractivity contribution in [1.82, 2.24) is 10.2 Å². The number of halogens is 2. The number of anilines is 1. The van der Waals surface area contributed by atoms with E-state index in [2.05, 4.69) is 10.6 Å². The second kappa shape index (κ2) is 12.1. The Labute approximate surface area is 214 Å². The van der Waals surface area contributed by atoms with E-state index < -0.39 is 12.2 Å². The summed E-state index contributed by atoms with van der Waals surface area (Å²) >= 11 is 12.0. The van der Waals surface area contributed by atoms with Crippen LogP contribution in [0.2, 0.25) is 10.0 Å². The molecule has 2 aliphatic heterocycles. The molecule has 2 aromatic carbocycles. The minimum atomic E-state index is -0.822. The van der Waals surface area contributed by atoms with Crippen LogP contribution in [-0.2, 0) is 20.8 Å². The summed E-state index contributed by atoms with van der Waals surface area (Å²) in [6.07, 6.45) is -0.0629. The summed E-state index contributed by atoms with van der Waals surface area (Å²) in [6, 6.07) is 13.9. The summed E-state index contributed by atoms with van der Waals surface area (Å²) < 4.78 is 11.8. The summed E-state index contributed by atoms with van der Waals surface area (Å²) in [5.41, 5.74) is 1.53. The number of aliphatic hydroxyl groups excluding tert-OH is 1. The quantitative estimate of drug-likeness (QED) is 0.554. The van der Waals surface area contributed by atoms with Crippen LogP contribution in [0.4, 0.5) is 10.5 Å². The van der Waals surface area contributed by atoms with Gasteiger partial charge in [0.1, 0.15) is 6.10 Å². The average molecular weight is 522 g/mol. The molecule has 0 aromatic heterocycles. The van der Waals surface area contributed by atoms with E-state index in [1.165, 1.54) is 0 Å². The lowest BCUT2D eigenvalue weighted by Gasteiger charge is -2.44. The Balaban J connectivity index is 1.37. The lowest BCUT2D eigenvalue weighted by molar-refractivity contribution is -0.149. The van der Waals surface area contributed by atoms with Crippen LogP contribution in [0.25, 0.3) is 0 Å². The van der Waals surface area contributed by atoms with Gasteiger partial charge in [-0.15, -0.1) is 0 Å². The van der Waals surface area contributed by atoms with Crippen molar-refractivity contribution < 1.29 is 24.2 Å². The van der Waals surface area contributed by atoms with Crippen LogP contribution in [0, 0.1) is 0 Å². The molecule has 188 valence electrons. The van der Waals surface area contributed by atoms with Crippen molar-refractivity contribution in [2.24, 2.45) is 0 Å². The summed E-state index contributed by atoms with van der Waals surface area (Å²) in [5.74, 6) is -0.0892. The topological polar surface area (TPSA) is 100 Å². The number of nitrogens with zero attached hydrogens (tertiary/aromatic N) is 1. The zero-order valence-electron chi connectivity index (χ0n) is 19.2. The molecule has 2 saturated heterocycles. The molecule has 0 aliphatic carbocycles. The number of hydrogen-bond acceptors (Lipinski definition) is 5. The van der Waals surface area contributed by atoms with Gasteiger partial charge in [0.15, 0.2) is 0 Å². The molecule has 35 heavy (non-hydrogen) atoms. The van der Waals surface area contributed by atoms with Crippen molar-refractivity contribution in [3.63, 3.8) is 0 Å². The Bertz CT molecular complexity index is 1030. The van der Waals surface area contributed by atoms with E-state index in [0.29, 0.717) is 35.1 Å². The van der Waals surface area contributed by atoms with Gasteiger partial charge >= 0.3 is 6.03 Å². The molecule has 0 spiro atoms. The van der Waals surface area contributed by atoms with Crippen LogP contribution in [-0.4, -0.2) is 66.1 Å². The van der Waals surface area contributed by atoms with Gasteiger partial charge in [0.2, 0.25) is 5.91 Å². The number of rotatable bonds is 5. The van der Waals surface area contributed by atoms with Crippen LogP contribution in [0.1, 0.15) is 24.8 Å². The first-order valence-corrected chi connectivity index (χ1v) is 12.4. The second-order valence-electron chi connectivity index (χ2n) is 8.81. The summed E-state index contributed by atoms with van der Waals surface area (Å²) in [6.45, 7) is 0.869. The average Bonchev–Trinajstić information content (AvgIpc) is 2.83. The van der Waals surface area contributed by atoms with E-state index in [1.54, 1.807) is 23.1 Å². The summed E-state index contributed by atoms with van der Waals surface area (Å²) in [5, 5.41) is 16.8. The Hall–Kier alpha value is -2.36. The molecule has 4 rings (SSSR count). The van der Waals surface area contributed by atoms with Crippen LogP contribution < -0.4 is 10.6 Å². The molecule has 2 fully saturated rings. The number of fused-ring (bicyclic) bond motifs is 1. The molecule has 2 aliphatic rings. The first-order valence-electron chi connectivity index (χ1n) is 11.6. The third-order valence-corrected chi connectivity index (χ3v) is 6.90. The van der Waals surface area contributed by atoms with Gasteiger partial charge in [-0.25, -0.2) is 4.79 Å². The van der Waals surface area contributed by atoms with Gasteiger partial charge in [-0.05, 0) is 36.6 Å². The van der Waals surface area contributed by atoms with E-state index >= 15 is 0 Å². The Kier molecular flexibility index (Phi) is 8.86. The number of ether oxygens (including phenoxy) is 2. The number of urea groups is 1. The van der Waals surface area contributed by atoms with Crippen LogP contribution in [0.3, 0.4) is 0 Å². The van der Waals surface area contributed by atoms with Crippen LogP contribution in [0.15, 0.2) is 48.5 Å². The molecule has 10 heteroatoms. The molecular formula is C25H29Cl2N3O5. The Morgan fingerprint density at radius 2 is 1.86 bits per heavy atom. The third kappa shape index (κ3) is 7.08. The molecule has 0 saturated carbocycles. The highest BCUT2D eigenvalue weighted by Crippen LogP contribution is 2.29. The van der Waals surface area contributed by atoms with Crippen molar-refractivity contribution >= 4 is 40.8 Å². The van der Waals surface area contributed by atoms with E-state index in [-0.39, 0.29) is 50.3 Å². The number of carbonyl (C=O) groups is 2. The third-order valence-electron chi connectivity index (χ3n) is 6.16. The molecule has 0 radical (unpaired) electrons. The maximum Gasteiger partial charge on any atom is 0.322 e. The van der Waals surface area contributed by atoms with Gasteiger partial charge in [0.05, 0.1) is 54.5 Å². The molecular weight excluding hydrogens is 493 g/mol. The van der Waals surface area contributed by atoms with Crippen LogP contribution in [0.5, 0.6) is 0 Å². The van der Waals surface area contributed by atoms with Crippen molar-refractivity contribution in [2.45, 2.75) is 50.2 Å². The molecule has 3 amide bonds. The number of hydrogen-bond donors (Lipinski definition) is 3. The normalized spacial score (nSPS) is 24.6. The predicted molar refractivity (Wildman–Crippen MR) is 134 cm³/mol. The lowest BCUT2D eigenvalue weighted by atomic mass is 9.95. The highest BCUT2D eigenvalue weighted by atomic mass is 35.5. The van der Waals surface area contributed by atoms with Crippen molar-refractivity contribution in [2.75, 3.05) is 25.1 Å². The van der Waals surface area contributed by atoms with E-state index in [9.17, 15) is 14.7 Å². The number of nitrogens with one attached hydrogen (secondary N) is 2. The summed E-state index contributed by atoms with van der Waals surface area (Å²) in [4.78, 5) is 27.3. The Morgan fingerprint density at radius 3 is 2.63 bits per heavy atom. The number of benzene rings is 2. The first kappa shape index (κ1) is 25.7. The minimum absolute atomic E-state index is 0.0887. The van der Waals surface area contributed by atoms with Crippen molar-refractivity contribution in [1.29, 1.82) is 0 Å². The highest BCUT2D eigenvalue weighted by molar-refractivity contribution is 6.42. The minimum Gasteiger partial charge on any atom is -0.389 e. The van der Waals surface area contributed by atoms with Gasteiger partial charge < -0.3 is 30.1 Å². The van der Waals surface area contributed by atoms with Crippen molar-refractivity contribution in [3.8, 4) is 0 Å². The maximum atomic E-state index is 13.2. The van der Waals surface area contributed by atoms with E-state index in [0.717, 1.165) is 5.56 Å². The fraction of sp³-hybridized carbons (Fsp3) is 0.440.